The molecule has 2 fully saturated rings. The third-order valence-electron chi connectivity index (χ3n) is 6.45. The lowest BCUT2D eigenvalue weighted by molar-refractivity contribution is -0.131. The average Bonchev–Trinajstić information content (AvgIpc) is 3.23. The van der Waals surface area contributed by atoms with Crippen LogP contribution in [0.5, 0.6) is 0 Å². The Hall–Kier alpha value is -2.30. The molecule has 4 heterocycles. The molecule has 1 aromatic carbocycles. The Bertz CT molecular complexity index is 1340. The van der Waals surface area contributed by atoms with Crippen molar-refractivity contribution in [2.45, 2.75) is 44.9 Å². The van der Waals surface area contributed by atoms with Crippen LogP contribution in [0.4, 0.5) is 4.79 Å². The van der Waals surface area contributed by atoms with E-state index < -0.39 is 0 Å². The highest BCUT2D eigenvalue weighted by atomic mass is 35.5. The zero-order valence-electron chi connectivity index (χ0n) is 20.3. The van der Waals surface area contributed by atoms with Gasteiger partial charge in [0, 0.05) is 60.0 Å². The fourth-order valence-corrected chi connectivity index (χ4v) is 6.40. The fourth-order valence-electron chi connectivity index (χ4n) is 4.72. The van der Waals surface area contributed by atoms with E-state index >= 15 is 0 Å². The third-order valence-corrected chi connectivity index (χ3v) is 8.12. The van der Waals surface area contributed by atoms with Crippen LogP contribution in [0.15, 0.2) is 24.5 Å². The molecule has 36 heavy (non-hydrogen) atoms. The molecule has 0 saturated carbocycles. The van der Waals surface area contributed by atoms with Crippen LogP contribution < -0.4 is 5.32 Å². The van der Waals surface area contributed by atoms with E-state index in [1.807, 2.05) is 12.1 Å². The van der Waals surface area contributed by atoms with Gasteiger partial charge in [-0.3, -0.25) is 9.69 Å². The number of nitrogens with one attached hydrogen (secondary N) is 1. The molecular weight excluding hydrogens is 521 g/mol. The first-order valence-electron chi connectivity index (χ1n) is 11.8. The van der Waals surface area contributed by atoms with E-state index in [4.69, 9.17) is 27.9 Å². The van der Waals surface area contributed by atoms with Gasteiger partial charge in [0.1, 0.15) is 6.33 Å². The number of thiophene rings is 1. The summed E-state index contributed by atoms with van der Waals surface area (Å²) < 4.78 is 7.15. The van der Waals surface area contributed by atoms with Crippen molar-refractivity contribution in [1.29, 1.82) is 0 Å². The first kappa shape index (κ1) is 25.4. The summed E-state index contributed by atoms with van der Waals surface area (Å²) in [5.41, 5.74) is 2.91. The Labute approximate surface area is 223 Å². The Morgan fingerprint density at radius 3 is 2.81 bits per heavy atom. The maximum atomic E-state index is 12.6. The highest BCUT2D eigenvalue weighted by Crippen LogP contribution is 2.39. The molecule has 2 aliphatic heterocycles. The standard InChI is InChI=1S/C25H27Cl2N5O3S/c1-25(2)12-28-10-15(35-25)8-17-18(6-14(26)7-19(17)27)22-23-20(29-13-30-22)9-16(36-23)11-32-21(33)4-5-31(3)24(32)34/h6-7,9,13,15,28H,4-5,8,10-12H2,1-3H3. The Morgan fingerprint density at radius 2 is 2.03 bits per heavy atom. The first-order chi connectivity index (χ1) is 17.1. The highest BCUT2D eigenvalue weighted by molar-refractivity contribution is 7.19. The predicted molar refractivity (Wildman–Crippen MR) is 142 cm³/mol. The van der Waals surface area contributed by atoms with Crippen LogP contribution in [-0.2, 0) is 22.5 Å². The summed E-state index contributed by atoms with van der Waals surface area (Å²) in [6.45, 7) is 6.26. The number of hydrogen-bond donors (Lipinski definition) is 1. The predicted octanol–water partition coefficient (Wildman–Crippen LogP) is 4.76. The van der Waals surface area contributed by atoms with Crippen LogP contribution in [-0.4, -0.2) is 70.1 Å². The summed E-state index contributed by atoms with van der Waals surface area (Å²) >= 11 is 14.6. The summed E-state index contributed by atoms with van der Waals surface area (Å²) in [5, 5.41) is 4.50. The molecule has 1 unspecified atom stereocenters. The number of imide groups is 1. The van der Waals surface area contributed by atoms with Gasteiger partial charge in [0.2, 0.25) is 5.91 Å². The number of amides is 3. The zero-order valence-corrected chi connectivity index (χ0v) is 22.6. The van der Waals surface area contributed by atoms with Gasteiger partial charge in [-0.1, -0.05) is 23.2 Å². The molecule has 2 aromatic heterocycles. The van der Waals surface area contributed by atoms with Gasteiger partial charge in [-0.2, -0.15) is 0 Å². The molecule has 3 amide bonds. The summed E-state index contributed by atoms with van der Waals surface area (Å²) in [5.74, 6) is -0.171. The lowest BCUT2D eigenvalue weighted by atomic mass is 9.96. The van der Waals surface area contributed by atoms with Crippen molar-refractivity contribution in [3.05, 3.63) is 45.0 Å². The molecule has 2 aliphatic rings. The van der Waals surface area contributed by atoms with Crippen LogP contribution >= 0.6 is 34.5 Å². The second-order valence-corrected chi connectivity index (χ2v) is 11.8. The number of carbonyl (C=O) groups is 2. The molecule has 1 N–H and O–H groups in total. The van der Waals surface area contributed by atoms with E-state index in [9.17, 15) is 9.59 Å². The average molecular weight is 548 g/mol. The van der Waals surface area contributed by atoms with E-state index in [1.54, 1.807) is 18.0 Å². The van der Waals surface area contributed by atoms with E-state index in [2.05, 4.69) is 29.1 Å². The van der Waals surface area contributed by atoms with Crippen LogP contribution in [0.2, 0.25) is 10.0 Å². The van der Waals surface area contributed by atoms with Gasteiger partial charge in [0.25, 0.3) is 0 Å². The summed E-state index contributed by atoms with van der Waals surface area (Å²) in [6.07, 6.45) is 2.36. The minimum atomic E-state index is -0.289. The number of nitrogens with zero attached hydrogens (tertiary/aromatic N) is 4. The summed E-state index contributed by atoms with van der Waals surface area (Å²) in [6, 6.07) is 5.23. The molecular formula is C25H27Cl2N5O3S. The topological polar surface area (TPSA) is 87.7 Å². The number of ether oxygens (including phenoxy) is 1. The molecule has 0 aliphatic carbocycles. The van der Waals surface area contributed by atoms with Gasteiger partial charge in [-0.15, -0.1) is 11.3 Å². The largest absolute Gasteiger partial charge is 0.369 e. The van der Waals surface area contributed by atoms with Crippen molar-refractivity contribution in [2.24, 2.45) is 0 Å². The van der Waals surface area contributed by atoms with Gasteiger partial charge in [-0.05, 0) is 37.6 Å². The number of fused-ring (bicyclic) bond motifs is 1. The quantitative estimate of drug-likeness (QED) is 0.495. The molecule has 5 rings (SSSR count). The Morgan fingerprint density at radius 1 is 1.22 bits per heavy atom. The number of halogens is 2. The summed E-state index contributed by atoms with van der Waals surface area (Å²) in [4.78, 5) is 37.7. The normalized spacial score (nSPS) is 20.4. The number of aromatic nitrogens is 2. The number of carbonyl (C=O) groups excluding carboxylic acids is 2. The molecule has 0 spiro atoms. The monoisotopic (exact) mass is 547 g/mol. The Kier molecular flexibility index (Phi) is 6.95. The Balaban J connectivity index is 1.52. The molecule has 190 valence electrons. The van der Waals surface area contributed by atoms with E-state index in [0.717, 1.165) is 39.3 Å². The van der Waals surface area contributed by atoms with Gasteiger partial charge in [0.15, 0.2) is 0 Å². The van der Waals surface area contributed by atoms with Crippen molar-refractivity contribution in [2.75, 3.05) is 26.7 Å². The molecule has 11 heteroatoms. The third kappa shape index (κ3) is 5.08. The van der Waals surface area contributed by atoms with Crippen molar-refractivity contribution in [3.63, 3.8) is 0 Å². The van der Waals surface area contributed by atoms with Crippen LogP contribution in [0.3, 0.4) is 0 Å². The van der Waals surface area contributed by atoms with Crippen LogP contribution in [0, 0.1) is 0 Å². The van der Waals surface area contributed by atoms with Gasteiger partial charge < -0.3 is 15.0 Å². The zero-order chi connectivity index (χ0) is 25.6. The number of morpholine rings is 1. The number of rotatable bonds is 5. The minimum absolute atomic E-state index is 0.0597. The lowest BCUT2D eigenvalue weighted by Gasteiger charge is -2.37. The highest BCUT2D eigenvalue weighted by Gasteiger charge is 2.31. The number of benzene rings is 1. The second-order valence-electron chi connectivity index (χ2n) is 9.83. The van der Waals surface area contributed by atoms with E-state index in [0.29, 0.717) is 35.1 Å². The van der Waals surface area contributed by atoms with Crippen molar-refractivity contribution >= 4 is 56.7 Å². The maximum Gasteiger partial charge on any atom is 0.326 e. The van der Waals surface area contributed by atoms with E-state index in [-0.39, 0.29) is 30.2 Å². The fraction of sp³-hybridized carbons (Fsp3) is 0.440. The summed E-state index contributed by atoms with van der Waals surface area (Å²) in [7, 11) is 1.70. The molecule has 8 nitrogen and oxygen atoms in total. The van der Waals surface area contributed by atoms with Crippen LogP contribution in [0.1, 0.15) is 30.7 Å². The van der Waals surface area contributed by atoms with Gasteiger partial charge in [0.05, 0.1) is 34.2 Å². The molecule has 0 radical (unpaired) electrons. The molecule has 2 saturated heterocycles. The second kappa shape index (κ2) is 9.87. The number of urea groups is 1. The van der Waals surface area contributed by atoms with Crippen molar-refractivity contribution < 1.29 is 14.3 Å². The number of hydrogen-bond acceptors (Lipinski definition) is 7. The van der Waals surface area contributed by atoms with Gasteiger partial charge in [-0.25, -0.2) is 14.8 Å². The lowest BCUT2D eigenvalue weighted by Crippen LogP contribution is -2.51. The maximum absolute atomic E-state index is 12.6. The van der Waals surface area contributed by atoms with Gasteiger partial charge >= 0.3 is 6.03 Å². The SMILES string of the molecule is CN1CCC(=O)N(Cc2cc3ncnc(-c4cc(Cl)cc(Cl)c4CC4CNCC(C)(C)O4)c3s2)C1=O. The van der Waals surface area contributed by atoms with Crippen molar-refractivity contribution in [3.8, 4) is 11.3 Å². The minimum Gasteiger partial charge on any atom is -0.369 e. The molecule has 0 bridgehead atoms. The van der Waals surface area contributed by atoms with Crippen molar-refractivity contribution in [1.82, 2.24) is 25.1 Å². The molecule has 1 atom stereocenters. The first-order valence-corrected chi connectivity index (χ1v) is 13.3. The van der Waals surface area contributed by atoms with Crippen LogP contribution in [0.25, 0.3) is 21.5 Å². The molecule has 3 aromatic rings. The smallest absolute Gasteiger partial charge is 0.326 e. The van der Waals surface area contributed by atoms with E-state index in [1.165, 1.54) is 22.6 Å².